The molecule has 1 aliphatic carbocycles. The van der Waals surface area contributed by atoms with Gasteiger partial charge in [-0.2, -0.15) is 0 Å². The lowest BCUT2D eigenvalue weighted by molar-refractivity contribution is -0.126. The predicted molar refractivity (Wildman–Crippen MR) is 139 cm³/mol. The lowest BCUT2D eigenvalue weighted by atomic mass is 9.85. The van der Waals surface area contributed by atoms with Gasteiger partial charge < -0.3 is 11.1 Å². The van der Waals surface area contributed by atoms with Crippen molar-refractivity contribution in [2.45, 2.75) is 56.1 Å². The maximum atomic E-state index is 13.1. The normalized spacial score (nSPS) is 19.0. The Morgan fingerprint density at radius 2 is 1.64 bits per heavy atom. The molecule has 36 heavy (non-hydrogen) atoms. The van der Waals surface area contributed by atoms with Gasteiger partial charge in [-0.3, -0.25) is 4.79 Å². The minimum absolute atomic E-state index is 0.0533. The zero-order valence-corrected chi connectivity index (χ0v) is 21.1. The summed E-state index contributed by atoms with van der Waals surface area (Å²) >= 11 is 0. The number of rotatable bonds is 8. The fraction of sp³-hybridized carbons (Fsp3) is 0.321. The topological polar surface area (TPSA) is 101 Å². The highest BCUT2D eigenvalue weighted by Gasteiger charge is 2.29. The average molecular weight is 510 g/mol. The van der Waals surface area contributed by atoms with E-state index in [9.17, 15) is 17.6 Å². The third-order valence-electron chi connectivity index (χ3n) is 6.81. The molecule has 0 saturated heterocycles. The quantitative estimate of drug-likeness (QED) is 0.411. The van der Waals surface area contributed by atoms with Crippen LogP contribution in [0.4, 0.5) is 4.39 Å². The molecule has 0 aromatic heterocycles. The van der Waals surface area contributed by atoms with Gasteiger partial charge in [-0.1, -0.05) is 42.5 Å². The van der Waals surface area contributed by atoms with Crippen LogP contribution in [0.15, 0.2) is 77.7 Å². The van der Waals surface area contributed by atoms with E-state index in [0.29, 0.717) is 32.2 Å². The van der Waals surface area contributed by atoms with Gasteiger partial charge in [0.1, 0.15) is 5.82 Å². The number of hydrogen-bond acceptors (Lipinski definition) is 4. The van der Waals surface area contributed by atoms with Crippen LogP contribution in [0.3, 0.4) is 0 Å². The molecular formula is C28H32FN3O3S. The summed E-state index contributed by atoms with van der Waals surface area (Å²) in [4.78, 5) is 12.9. The monoisotopic (exact) mass is 509 g/mol. The van der Waals surface area contributed by atoms with Gasteiger partial charge in [-0.05, 0) is 85.2 Å². The van der Waals surface area contributed by atoms with Crippen molar-refractivity contribution in [3.05, 3.63) is 89.7 Å². The van der Waals surface area contributed by atoms with Crippen LogP contribution in [-0.2, 0) is 21.4 Å². The Balaban J connectivity index is 1.31. The molecule has 6 nitrogen and oxygen atoms in total. The van der Waals surface area contributed by atoms with E-state index in [1.807, 2.05) is 31.2 Å². The van der Waals surface area contributed by atoms with Crippen molar-refractivity contribution in [2.24, 2.45) is 11.7 Å². The van der Waals surface area contributed by atoms with E-state index in [0.717, 1.165) is 22.3 Å². The molecule has 0 spiro atoms. The van der Waals surface area contributed by atoms with E-state index < -0.39 is 10.0 Å². The fourth-order valence-electron chi connectivity index (χ4n) is 4.63. The van der Waals surface area contributed by atoms with Crippen molar-refractivity contribution >= 4 is 15.9 Å². The Morgan fingerprint density at radius 1 is 0.972 bits per heavy atom. The summed E-state index contributed by atoms with van der Waals surface area (Å²) in [5.74, 6) is -0.536. The van der Waals surface area contributed by atoms with Gasteiger partial charge >= 0.3 is 0 Å². The third-order valence-corrected chi connectivity index (χ3v) is 8.35. The van der Waals surface area contributed by atoms with Crippen molar-refractivity contribution in [3.8, 4) is 11.1 Å². The van der Waals surface area contributed by atoms with Crippen LogP contribution in [0, 0.1) is 11.7 Å². The molecular weight excluding hydrogens is 477 g/mol. The number of halogens is 1. The second-order valence-corrected chi connectivity index (χ2v) is 11.1. The highest BCUT2D eigenvalue weighted by Crippen LogP contribution is 2.27. The molecule has 1 amide bonds. The summed E-state index contributed by atoms with van der Waals surface area (Å²) in [6, 6.07) is 20.3. The van der Waals surface area contributed by atoms with Crippen molar-refractivity contribution in [1.29, 1.82) is 0 Å². The van der Waals surface area contributed by atoms with Crippen LogP contribution in [0.1, 0.15) is 49.8 Å². The molecule has 0 radical (unpaired) electrons. The highest BCUT2D eigenvalue weighted by atomic mass is 32.2. The van der Waals surface area contributed by atoms with E-state index in [1.54, 1.807) is 36.4 Å². The van der Waals surface area contributed by atoms with Gasteiger partial charge in [0.25, 0.3) is 0 Å². The molecule has 1 atom stereocenters. The first-order valence-electron chi connectivity index (χ1n) is 12.2. The maximum absolute atomic E-state index is 13.1. The van der Waals surface area contributed by atoms with Gasteiger partial charge in [-0.15, -0.1) is 0 Å². The first kappa shape index (κ1) is 26.0. The van der Waals surface area contributed by atoms with Gasteiger partial charge in [-0.25, -0.2) is 17.5 Å². The highest BCUT2D eigenvalue weighted by molar-refractivity contribution is 7.89. The third kappa shape index (κ3) is 6.37. The number of amides is 1. The minimum atomic E-state index is -3.67. The number of nitrogens with one attached hydrogen (secondary N) is 2. The Hall–Kier alpha value is -3.07. The van der Waals surface area contributed by atoms with Crippen molar-refractivity contribution in [1.82, 2.24) is 10.0 Å². The SMILES string of the molecule is C[C@@H](NC(=O)[C@H]1CC[C@H](NS(=O)(=O)c2ccc(-c3cccc(CN)c3)cc2)CC1)c1ccc(F)cc1. The van der Waals surface area contributed by atoms with Crippen LogP contribution in [-0.4, -0.2) is 20.4 Å². The van der Waals surface area contributed by atoms with Gasteiger partial charge in [0, 0.05) is 18.5 Å². The number of sulfonamides is 1. The smallest absolute Gasteiger partial charge is 0.240 e. The van der Waals surface area contributed by atoms with E-state index in [1.165, 1.54) is 12.1 Å². The summed E-state index contributed by atoms with van der Waals surface area (Å²) in [6.45, 7) is 2.31. The molecule has 0 unspecified atom stereocenters. The number of carbonyl (C=O) groups is 1. The first-order valence-corrected chi connectivity index (χ1v) is 13.7. The second kappa shape index (κ2) is 11.3. The molecule has 0 bridgehead atoms. The van der Waals surface area contributed by atoms with E-state index in [2.05, 4.69) is 10.0 Å². The predicted octanol–water partition coefficient (Wildman–Crippen LogP) is 4.67. The molecule has 190 valence electrons. The lowest BCUT2D eigenvalue weighted by Gasteiger charge is -2.29. The number of carbonyl (C=O) groups excluding carboxylic acids is 1. The fourth-order valence-corrected chi connectivity index (χ4v) is 5.94. The van der Waals surface area contributed by atoms with Crippen molar-refractivity contribution < 1.29 is 17.6 Å². The molecule has 4 rings (SSSR count). The van der Waals surface area contributed by atoms with Crippen LogP contribution < -0.4 is 15.8 Å². The second-order valence-electron chi connectivity index (χ2n) is 9.38. The van der Waals surface area contributed by atoms with Crippen LogP contribution in [0.2, 0.25) is 0 Å². The molecule has 3 aromatic rings. The Labute approximate surface area is 212 Å². The number of benzene rings is 3. The van der Waals surface area contributed by atoms with E-state index in [4.69, 9.17) is 5.73 Å². The van der Waals surface area contributed by atoms with Gasteiger partial charge in [0.2, 0.25) is 15.9 Å². The lowest BCUT2D eigenvalue weighted by Crippen LogP contribution is -2.41. The molecule has 1 saturated carbocycles. The van der Waals surface area contributed by atoms with Crippen molar-refractivity contribution in [3.63, 3.8) is 0 Å². The molecule has 3 aromatic carbocycles. The first-order chi connectivity index (χ1) is 17.2. The minimum Gasteiger partial charge on any atom is -0.349 e. The molecule has 8 heteroatoms. The number of nitrogens with two attached hydrogens (primary N) is 1. The summed E-state index contributed by atoms with van der Waals surface area (Å²) in [5, 5.41) is 2.99. The van der Waals surface area contributed by atoms with Crippen LogP contribution in [0.5, 0.6) is 0 Å². The Morgan fingerprint density at radius 3 is 2.28 bits per heavy atom. The molecule has 4 N–H and O–H groups in total. The Kier molecular flexibility index (Phi) is 8.18. The Bertz CT molecular complexity index is 1290. The molecule has 0 aliphatic heterocycles. The standard InChI is InChI=1S/C28H32FN3O3S/c1-19(21-5-11-25(29)12-6-21)31-28(33)23-7-13-26(14-8-23)32-36(34,35)27-15-9-22(10-16-27)24-4-2-3-20(17-24)18-30/h2-6,9-12,15-17,19,23,26,32H,7-8,13-14,18,30H2,1H3,(H,31,33)/t19-,23-,26-/m1/s1. The average Bonchev–Trinajstić information content (AvgIpc) is 2.89. The van der Waals surface area contributed by atoms with Gasteiger partial charge in [0.15, 0.2) is 0 Å². The van der Waals surface area contributed by atoms with Crippen LogP contribution >= 0.6 is 0 Å². The maximum Gasteiger partial charge on any atom is 0.240 e. The molecule has 1 aliphatic rings. The summed E-state index contributed by atoms with van der Waals surface area (Å²) < 4.78 is 41.9. The zero-order valence-electron chi connectivity index (χ0n) is 20.3. The van der Waals surface area contributed by atoms with E-state index in [-0.39, 0.29) is 34.6 Å². The summed E-state index contributed by atoms with van der Waals surface area (Å²) in [5.41, 5.74) is 9.48. The molecule has 0 heterocycles. The summed E-state index contributed by atoms with van der Waals surface area (Å²) in [6.07, 6.45) is 2.38. The zero-order chi connectivity index (χ0) is 25.7. The summed E-state index contributed by atoms with van der Waals surface area (Å²) in [7, 11) is -3.67. The molecule has 1 fully saturated rings. The van der Waals surface area contributed by atoms with Crippen LogP contribution in [0.25, 0.3) is 11.1 Å². The largest absolute Gasteiger partial charge is 0.349 e. The number of hydrogen-bond donors (Lipinski definition) is 3. The van der Waals surface area contributed by atoms with E-state index >= 15 is 0 Å². The van der Waals surface area contributed by atoms with Crippen molar-refractivity contribution in [2.75, 3.05) is 0 Å². The van der Waals surface area contributed by atoms with Gasteiger partial charge in [0.05, 0.1) is 10.9 Å².